The van der Waals surface area contributed by atoms with Gasteiger partial charge in [-0.2, -0.15) is 0 Å². The molecule has 0 bridgehead atoms. The maximum atomic E-state index is 12.0. The maximum absolute atomic E-state index is 12.0. The fourth-order valence-corrected chi connectivity index (χ4v) is 3.10. The quantitative estimate of drug-likeness (QED) is 0.636. The molecule has 0 fully saturated rings. The smallest absolute Gasteiger partial charge is 0.276 e. The highest BCUT2D eigenvalue weighted by molar-refractivity contribution is 9.10. The second-order valence-corrected chi connectivity index (χ2v) is 8.80. The number of carbonyl (C=O) groups is 2. The van der Waals surface area contributed by atoms with Crippen molar-refractivity contribution in [2.45, 2.75) is 40.0 Å². The molecule has 2 rings (SSSR count). The van der Waals surface area contributed by atoms with Crippen molar-refractivity contribution in [2.24, 2.45) is 0 Å². The molecule has 0 heterocycles. The van der Waals surface area contributed by atoms with Crippen LogP contribution in [0.4, 0.5) is 0 Å². The van der Waals surface area contributed by atoms with Gasteiger partial charge in [-0.05, 0) is 60.7 Å². The standard InChI is InChI=1S/C22H27BrN2O4/c1-14-8-15(2)10-17(9-14)28-12-20(26)24-25-21(27)13-29-19-7-6-16(23)11-18(19)22(3,4)5/h6-11H,12-13H2,1-5H3,(H,24,26)(H,25,27). The third kappa shape index (κ3) is 7.42. The average Bonchev–Trinajstić information content (AvgIpc) is 2.62. The lowest BCUT2D eigenvalue weighted by atomic mass is 9.86. The van der Waals surface area contributed by atoms with Crippen LogP contribution in [-0.2, 0) is 15.0 Å². The minimum atomic E-state index is -0.465. The van der Waals surface area contributed by atoms with Crippen LogP contribution in [0.15, 0.2) is 40.9 Å². The fourth-order valence-electron chi connectivity index (χ4n) is 2.73. The summed E-state index contributed by atoms with van der Waals surface area (Å²) in [4.78, 5) is 23.9. The Balaban J connectivity index is 1.81. The first-order chi connectivity index (χ1) is 13.5. The molecule has 0 aliphatic heterocycles. The van der Waals surface area contributed by atoms with Gasteiger partial charge >= 0.3 is 0 Å². The molecule has 0 aliphatic rings. The highest BCUT2D eigenvalue weighted by Crippen LogP contribution is 2.33. The number of carbonyl (C=O) groups excluding carboxylic acids is 2. The molecule has 0 aliphatic carbocycles. The molecule has 7 heteroatoms. The van der Waals surface area contributed by atoms with Gasteiger partial charge in [0.25, 0.3) is 11.8 Å². The van der Waals surface area contributed by atoms with E-state index >= 15 is 0 Å². The number of hydrazine groups is 1. The molecule has 2 aromatic carbocycles. The molecule has 2 N–H and O–H groups in total. The molecule has 0 unspecified atom stereocenters. The molecular weight excluding hydrogens is 436 g/mol. The van der Waals surface area contributed by atoms with Gasteiger partial charge in [0.15, 0.2) is 13.2 Å². The molecule has 0 radical (unpaired) electrons. The van der Waals surface area contributed by atoms with E-state index in [9.17, 15) is 9.59 Å². The normalized spacial score (nSPS) is 11.0. The Morgan fingerprint density at radius 3 is 2.00 bits per heavy atom. The van der Waals surface area contributed by atoms with E-state index in [0.717, 1.165) is 21.2 Å². The lowest BCUT2D eigenvalue weighted by molar-refractivity contribution is -0.131. The van der Waals surface area contributed by atoms with Gasteiger partial charge in [-0.1, -0.05) is 42.8 Å². The van der Waals surface area contributed by atoms with E-state index in [1.807, 2.05) is 50.2 Å². The predicted octanol–water partition coefficient (Wildman–Crippen LogP) is 3.97. The Hall–Kier alpha value is -2.54. The van der Waals surface area contributed by atoms with Crippen LogP contribution in [0.2, 0.25) is 0 Å². The summed E-state index contributed by atoms with van der Waals surface area (Å²) in [7, 11) is 0. The van der Waals surface area contributed by atoms with E-state index in [2.05, 4.69) is 47.6 Å². The Morgan fingerprint density at radius 2 is 1.45 bits per heavy atom. The van der Waals surface area contributed by atoms with Gasteiger partial charge in [-0.3, -0.25) is 20.4 Å². The maximum Gasteiger partial charge on any atom is 0.276 e. The van der Waals surface area contributed by atoms with Gasteiger partial charge in [-0.15, -0.1) is 0 Å². The Bertz CT molecular complexity index is 871. The molecule has 29 heavy (non-hydrogen) atoms. The SMILES string of the molecule is Cc1cc(C)cc(OCC(=O)NNC(=O)COc2ccc(Br)cc2C(C)(C)C)c1. The summed E-state index contributed by atoms with van der Waals surface area (Å²) in [6.45, 7) is 9.69. The van der Waals surface area contributed by atoms with Crippen molar-refractivity contribution >= 4 is 27.7 Å². The fraction of sp³-hybridized carbons (Fsp3) is 0.364. The van der Waals surface area contributed by atoms with E-state index in [-0.39, 0.29) is 18.6 Å². The molecule has 0 atom stereocenters. The second kappa shape index (κ2) is 9.78. The van der Waals surface area contributed by atoms with Crippen molar-refractivity contribution in [1.82, 2.24) is 10.9 Å². The van der Waals surface area contributed by atoms with E-state index in [1.165, 1.54) is 0 Å². The summed E-state index contributed by atoms with van der Waals surface area (Å²) in [5, 5.41) is 0. The molecule has 0 spiro atoms. The molecular formula is C22H27BrN2O4. The van der Waals surface area contributed by atoms with E-state index in [0.29, 0.717) is 11.5 Å². The highest BCUT2D eigenvalue weighted by Gasteiger charge is 2.20. The number of rotatable bonds is 6. The number of halogens is 1. The summed E-state index contributed by atoms with van der Waals surface area (Å²) < 4.78 is 12.0. The van der Waals surface area contributed by atoms with Gasteiger partial charge in [0, 0.05) is 10.0 Å². The van der Waals surface area contributed by atoms with E-state index < -0.39 is 11.8 Å². The first-order valence-corrected chi connectivity index (χ1v) is 10.1. The number of hydrogen-bond acceptors (Lipinski definition) is 4. The van der Waals surface area contributed by atoms with Crippen molar-refractivity contribution in [3.8, 4) is 11.5 Å². The van der Waals surface area contributed by atoms with E-state index in [4.69, 9.17) is 9.47 Å². The number of ether oxygens (including phenoxy) is 2. The van der Waals surface area contributed by atoms with Gasteiger partial charge in [-0.25, -0.2) is 0 Å². The average molecular weight is 463 g/mol. The lowest BCUT2D eigenvalue weighted by Crippen LogP contribution is -2.45. The molecule has 0 aromatic heterocycles. The number of nitrogens with one attached hydrogen (secondary N) is 2. The number of amides is 2. The van der Waals surface area contributed by atoms with Crippen LogP contribution >= 0.6 is 15.9 Å². The minimum Gasteiger partial charge on any atom is -0.484 e. The monoisotopic (exact) mass is 462 g/mol. The van der Waals surface area contributed by atoms with Crippen LogP contribution in [0.5, 0.6) is 11.5 Å². The summed E-state index contributed by atoms with van der Waals surface area (Å²) in [5.74, 6) is 0.307. The largest absolute Gasteiger partial charge is 0.484 e. The zero-order valence-electron chi connectivity index (χ0n) is 17.4. The molecule has 0 saturated heterocycles. The van der Waals surface area contributed by atoms with Crippen molar-refractivity contribution < 1.29 is 19.1 Å². The Labute approximate surface area is 180 Å². The molecule has 6 nitrogen and oxygen atoms in total. The highest BCUT2D eigenvalue weighted by atomic mass is 79.9. The van der Waals surface area contributed by atoms with Crippen LogP contribution in [0, 0.1) is 13.8 Å². The van der Waals surface area contributed by atoms with Gasteiger partial charge < -0.3 is 9.47 Å². The topological polar surface area (TPSA) is 76.7 Å². The molecule has 156 valence electrons. The summed E-state index contributed by atoms with van der Waals surface area (Å²) in [6.07, 6.45) is 0. The first-order valence-electron chi connectivity index (χ1n) is 9.26. The second-order valence-electron chi connectivity index (χ2n) is 7.89. The molecule has 2 aromatic rings. The van der Waals surface area contributed by atoms with Crippen LogP contribution < -0.4 is 20.3 Å². The van der Waals surface area contributed by atoms with Gasteiger partial charge in [0.1, 0.15) is 11.5 Å². The van der Waals surface area contributed by atoms with Crippen LogP contribution in [0.1, 0.15) is 37.5 Å². The van der Waals surface area contributed by atoms with Crippen molar-refractivity contribution in [3.05, 3.63) is 57.6 Å². The van der Waals surface area contributed by atoms with Gasteiger partial charge in [0.2, 0.25) is 0 Å². The number of aryl methyl sites for hydroxylation is 2. The Morgan fingerprint density at radius 1 is 0.897 bits per heavy atom. The zero-order chi connectivity index (χ0) is 21.6. The van der Waals surface area contributed by atoms with Crippen LogP contribution in [0.3, 0.4) is 0 Å². The first kappa shape index (κ1) is 22.7. The number of benzene rings is 2. The summed E-state index contributed by atoms with van der Waals surface area (Å²) in [6, 6.07) is 11.3. The molecule has 2 amide bonds. The third-order valence-electron chi connectivity index (χ3n) is 4.01. The third-order valence-corrected chi connectivity index (χ3v) is 4.51. The Kier molecular flexibility index (Phi) is 7.67. The summed E-state index contributed by atoms with van der Waals surface area (Å²) >= 11 is 3.45. The van der Waals surface area contributed by atoms with Gasteiger partial charge in [0.05, 0.1) is 0 Å². The van der Waals surface area contributed by atoms with Crippen molar-refractivity contribution in [3.63, 3.8) is 0 Å². The minimum absolute atomic E-state index is 0.144. The lowest BCUT2D eigenvalue weighted by Gasteiger charge is -2.23. The number of hydrogen-bond donors (Lipinski definition) is 2. The van der Waals surface area contributed by atoms with Crippen molar-refractivity contribution in [1.29, 1.82) is 0 Å². The van der Waals surface area contributed by atoms with Crippen LogP contribution in [0.25, 0.3) is 0 Å². The van der Waals surface area contributed by atoms with E-state index in [1.54, 1.807) is 0 Å². The molecule has 0 saturated carbocycles. The zero-order valence-corrected chi connectivity index (χ0v) is 19.0. The van der Waals surface area contributed by atoms with Crippen molar-refractivity contribution in [2.75, 3.05) is 13.2 Å². The predicted molar refractivity (Wildman–Crippen MR) is 116 cm³/mol. The summed E-state index contributed by atoms with van der Waals surface area (Å²) in [5.41, 5.74) is 7.58. The van der Waals surface area contributed by atoms with Crippen LogP contribution in [-0.4, -0.2) is 25.0 Å².